The van der Waals surface area contributed by atoms with E-state index in [0.717, 1.165) is 40.0 Å². The smallest absolute Gasteiger partial charge is 0.187 e. The predicted molar refractivity (Wildman–Crippen MR) is 203 cm³/mol. The van der Waals surface area contributed by atoms with E-state index in [1.54, 1.807) is 17.7 Å². The van der Waals surface area contributed by atoms with Crippen LogP contribution in [0.3, 0.4) is 0 Å². The Bertz CT molecular complexity index is 2420. The van der Waals surface area contributed by atoms with E-state index in [9.17, 15) is 0 Å². The van der Waals surface area contributed by atoms with E-state index >= 15 is 0 Å². The monoisotopic (exact) mass is 644 g/mol. The zero-order valence-corrected chi connectivity index (χ0v) is 27.9. The summed E-state index contributed by atoms with van der Waals surface area (Å²) in [5.74, 6) is 4.69. The van der Waals surface area contributed by atoms with Crippen molar-refractivity contribution in [2.75, 3.05) is 0 Å². The number of nitrogens with zero attached hydrogens (tertiary/aromatic N) is 4. The third kappa shape index (κ3) is 5.00. The molecule has 240 valence electrons. The number of fused-ring (bicyclic) bond motifs is 3. The molecule has 1 heterocycles. The summed E-state index contributed by atoms with van der Waals surface area (Å²) in [7, 11) is 0. The van der Waals surface area contributed by atoms with Gasteiger partial charge in [-0.15, -0.1) is 0 Å². The van der Waals surface area contributed by atoms with Crippen LogP contribution < -0.4 is 0 Å². The third-order valence-corrected chi connectivity index (χ3v) is 11.9. The van der Waals surface area contributed by atoms with Crippen molar-refractivity contribution >= 4 is 27.2 Å². The van der Waals surface area contributed by atoms with Gasteiger partial charge in [0, 0.05) is 16.7 Å². The molecule has 4 heteroatoms. The Balaban J connectivity index is 0.968. The number of hydrogen-bond acceptors (Lipinski definition) is 3. The first-order valence-electron chi connectivity index (χ1n) is 18.0. The topological polar surface area (TPSA) is 43.0 Å². The summed E-state index contributed by atoms with van der Waals surface area (Å²) in [6, 6.07) is 44.8. The van der Waals surface area contributed by atoms with E-state index in [-0.39, 0.29) is 0 Å². The minimum Gasteiger partial charge on any atom is -0.238 e. The Labute approximate surface area is 292 Å². The van der Waals surface area contributed by atoms with Crippen LogP contribution in [-0.4, -0.2) is 15.0 Å². The molecule has 0 aliphatic heterocycles. The summed E-state index contributed by atoms with van der Waals surface area (Å²) in [6.45, 7) is 7.31. The molecule has 7 aromatic rings. The Morgan fingerprint density at radius 3 is 1.54 bits per heavy atom. The second-order valence-corrected chi connectivity index (χ2v) is 15.0. The second-order valence-electron chi connectivity index (χ2n) is 15.0. The van der Waals surface area contributed by atoms with Crippen LogP contribution in [0.4, 0.5) is 5.69 Å². The SMILES string of the molecule is [C-]#[N+]c1ccc(-c2nc(-c3ccccc3)nc(-c3ccc(-c4ccc5c(ccc6cc(C78CC9CC(CC(C9)C7)C8)ccc65)c4)cc3)n2)cc1. The maximum Gasteiger partial charge on any atom is 0.187 e. The van der Waals surface area contributed by atoms with Gasteiger partial charge in [-0.05, 0) is 106 Å². The van der Waals surface area contributed by atoms with Gasteiger partial charge in [0.25, 0.3) is 0 Å². The van der Waals surface area contributed by atoms with Crippen molar-refractivity contribution in [1.82, 2.24) is 15.0 Å². The van der Waals surface area contributed by atoms with Gasteiger partial charge in [-0.3, -0.25) is 0 Å². The number of aromatic nitrogens is 3. The largest absolute Gasteiger partial charge is 0.238 e. The lowest BCUT2D eigenvalue weighted by Gasteiger charge is -2.57. The molecule has 4 aliphatic carbocycles. The first kappa shape index (κ1) is 29.3. The third-order valence-electron chi connectivity index (χ3n) is 11.9. The standard InChI is InChI=1S/C46H36N4/c1-47-40-17-13-35(14-18-40)45-49-43(33-5-3-2-4-6-33)48-44(50-45)34-9-7-32(8-10-34)36-15-19-41-37(24-36)11-12-38-25-39(16-20-42(38)41)46-26-29-21-30(27-46)23-31(22-29)28-46/h2-20,24-25,29-31H,21-23,26-28H2. The van der Waals surface area contributed by atoms with E-state index in [1.165, 1.54) is 65.6 Å². The molecule has 4 bridgehead atoms. The van der Waals surface area contributed by atoms with Crippen LogP contribution in [0.15, 0.2) is 127 Å². The average Bonchev–Trinajstić information content (AvgIpc) is 3.17. The lowest BCUT2D eigenvalue weighted by atomic mass is 9.48. The summed E-state index contributed by atoms with van der Waals surface area (Å²) >= 11 is 0. The predicted octanol–water partition coefficient (Wildman–Crippen LogP) is 11.9. The molecule has 50 heavy (non-hydrogen) atoms. The molecule has 0 unspecified atom stereocenters. The van der Waals surface area contributed by atoms with Gasteiger partial charge in [0.2, 0.25) is 0 Å². The fourth-order valence-corrected chi connectivity index (χ4v) is 9.89. The molecule has 11 rings (SSSR count). The summed E-state index contributed by atoms with van der Waals surface area (Å²) in [4.78, 5) is 18.1. The summed E-state index contributed by atoms with van der Waals surface area (Å²) in [5.41, 5.74) is 7.65. The van der Waals surface area contributed by atoms with Crippen LogP contribution in [0.25, 0.3) is 71.7 Å². The van der Waals surface area contributed by atoms with Crippen molar-refractivity contribution < 1.29 is 0 Å². The van der Waals surface area contributed by atoms with Crippen LogP contribution in [0.5, 0.6) is 0 Å². The van der Waals surface area contributed by atoms with Gasteiger partial charge < -0.3 is 0 Å². The molecule has 4 fully saturated rings. The van der Waals surface area contributed by atoms with Crippen molar-refractivity contribution in [3.63, 3.8) is 0 Å². The highest BCUT2D eigenvalue weighted by Gasteiger charge is 2.51. The summed E-state index contributed by atoms with van der Waals surface area (Å²) in [5, 5.41) is 5.30. The zero-order chi connectivity index (χ0) is 33.2. The van der Waals surface area contributed by atoms with Crippen molar-refractivity contribution in [3.8, 4) is 45.3 Å². The van der Waals surface area contributed by atoms with Gasteiger partial charge in [-0.2, -0.15) is 0 Å². The van der Waals surface area contributed by atoms with Crippen LogP contribution in [-0.2, 0) is 5.41 Å². The van der Waals surface area contributed by atoms with Crippen molar-refractivity contribution in [1.29, 1.82) is 0 Å². The molecule has 4 aliphatic rings. The van der Waals surface area contributed by atoms with E-state index in [1.807, 2.05) is 42.5 Å². The molecule has 0 atom stereocenters. The Morgan fingerprint density at radius 2 is 0.960 bits per heavy atom. The molecule has 0 amide bonds. The van der Waals surface area contributed by atoms with Gasteiger partial charge in [0.15, 0.2) is 23.2 Å². The Kier molecular flexibility index (Phi) is 6.71. The Morgan fingerprint density at radius 1 is 0.480 bits per heavy atom. The lowest BCUT2D eigenvalue weighted by Crippen LogP contribution is -2.48. The molecule has 0 saturated heterocycles. The first-order chi connectivity index (χ1) is 24.6. The maximum absolute atomic E-state index is 7.31. The van der Waals surface area contributed by atoms with Gasteiger partial charge in [0.1, 0.15) is 0 Å². The van der Waals surface area contributed by atoms with Crippen LogP contribution in [0.1, 0.15) is 44.1 Å². The zero-order valence-electron chi connectivity index (χ0n) is 27.9. The van der Waals surface area contributed by atoms with Crippen LogP contribution in [0.2, 0.25) is 0 Å². The molecular weight excluding hydrogens is 609 g/mol. The maximum atomic E-state index is 7.31. The van der Waals surface area contributed by atoms with E-state index in [0.29, 0.717) is 28.6 Å². The van der Waals surface area contributed by atoms with Crippen molar-refractivity contribution in [2.24, 2.45) is 17.8 Å². The van der Waals surface area contributed by atoms with Gasteiger partial charge in [-0.25, -0.2) is 19.8 Å². The van der Waals surface area contributed by atoms with E-state index in [4.69, 9.17) is 21.5 Å². The number of hydrogen-bond donors (Lipinski definition) is 0. The first-order valence-corrected chi connectivity index (χ1v) is 18.0. The van der Waals surface area contributed by atoms with Crippen LogP contribution in [0, 0.1) is 24.3 Å². The highest BCUT2D eigenvalue weighted by atomic mass is 15.0. The molecular formula is C46H36N4. The number of rotatable bonds is 5. The summed E-state index contributed by atoms with van der Waals surface area (Å²) in [6.07, 6.45) is 8.66. The lowest BCUT2D eigenvalue weighted by molar-refractivity contribution is -0.00512. The number of benzene rings is 6. The second kappa shape index (κ2) is 11.5. The molecule has 4 saturated carbocycles. The van der Waals surface area contributed by atoms with Crippen LogP contribution >= 0.6 is 0 Å². The normalized spacial score (nSPS) is 22.2. The van der Waals surface area contributed by atoms with E-state index < -0.39 is 0 Å². The van der Waals surface area contributed by atoms with Crippen molar-refractivity contribution in [2.45, 2.75) is 43.9 Å². The molecule has 0 spiro atoms. The molecule has 0 N–H and O–H groups in total. The summed E-state index contributed by atoms with van der Waals surface area (Å²) < 4.78 is 0. The fraction of sp³-hybridized carbons (Fsp3) is 0.217. The highest BCUT2D eigenvalue weighted by molar-refractivity contribution is 6.08. The Hall–Kier alpha value is -5.66. The minimum absolute atomic E-state index is 0.421. The van der Waals surface area contributed by atoms with Gasteiger partial charge >= 0.3 is 0 Å². The molecule has 1 aromatic heterocycles. The quantitative estimate of drug-likeness (QED) is 0.138. The van der Waals surface area contributed by atoms with Gasteiger partial charge in [0.05, 0.1) is 6.57 Å². The van der Waals surface area contributed by atoms with E-state index in [2.05, 4.69) is 77.6 Å². The van der Waals surface area contributed by atoms with Crippen molar-refractivity contribution in [3.05, 3.63) is 144 Å². The molecule has 6 aromatic carbocycles. The highest BCUT2D eigenvalue weighted by Crippen LogP contribution is 2.61. The molecule has 0 radical (unpaired) electrons. The fourth-order valence-electron chi connectivity index (χ4n) is 9.89. The average molecular weight is 645 g/mol. The van der Waals surface area contributed by atoms with Gasteiger partial charge in [-0.1, -0.05) is 121 Å². The molecule has 4 nitrogen and oxygen atoms in total. The minimum atomic E-state index is 0.421.